The maximum atomic E-state index is 4.12. The molecule has 0 fully saturated rings. The lowest BCUT2D eigenvalue weighted by atomic mass is 10.2. The molecule has 0 aliphatic carbocycles. The van der Waals surface area contributed by atoms with Gasteiger partial charge in [-0.25, -0.2) is 0 Å². The molecule has 0 amide bonds. The fourth-order valence-electron chi connectivity index (χ4n) is 1.74. The van der Waals surface area contributed by atoms with Crippen molar-refractivity contribution in [1.82, 2.24) is 15.5 Å². The molecule has 0 radical (unpaired) electrons. The Kier molecular flexibility index (Phi) is 2.38. The van der Waals surface area contributed by atoms with Crippen LogP contribution in [0.1, 0.15) is 0 Å². The van der Waals surface area contributed by atoms with Crippen molar-refractivity contribution >= 4 is 0 Å². The summed E-state index contributed by atoms with van der Waals surface area (Å²) in [6, 6.07) is 19.9. The molecular formula is C13H11N4+. The number of aromatic amines is 1. The lowest BCUT2D eigenvalue weighted by Gasteiger charge is -1.97. The summed E-state index contributed by atoms with van der Waals surface area (Å²) in [6.07, 6.45) is 0. The number of H-pyrrole nitrogens is 1. The predicted octanol–water partition coefficient (Wildman–Crippen LogP) is 1.75. The van der Waals surface area contributed by atoms with Gasteiger partial charge in [0.05, 0.1) is 5.56 Å². The van der Waals surface area contributed by atoms with Crippen LogP contribution in [0.2, 0.25) is 0 Å². The van der Waals surface area contributed by atoms with Crippen LogP contribution in [0.3, 0.4) is 0 Å². The monoisotopic (exact) mass is 223 g/mol. The van der Waals surface area contributed by atoms with Gasteiger partial charge in [0.2, 0.25) is 0 Å². The first kappa shape index (κ1) is 9.72. The standard InChI is InChI=1S/C13H10N4/c1-3-7-11(8-4-1)13-14-15-16-17(13)12-9-5-2-6-10-12/h1-10H/p+1. The molecule has 82 valence electrons. The van der Waals surface area contributed by atoms with E-state index < -0.39 is 0 Å². The Balaban J connectivity index is 2.13. The first-order chi connectivity index (χ1) is 8.45. The Hall–Kier alpha value is -2.49. The van der Waals surface area contributed by atoms with Gasteiger partial charge in [0, 0.05) is 0 Å². The first-order valence-corrected chi connectivity index (χ1v) is 5.39. The van der Waals surface area contributed by atoms with E-state index in [0.29, 0.717) is 0 Å². The number of aromatic nitrogens is 4. The van der Waals surface area contributed by atoms with Crippen molar-refractivity contribution in [2.75, 3.05) is 0 Å². The topological polar surface area (TPSA) is 45.5 Å². The summed E-state index contributed by atoms with van der Waals surface area (Å²) < 4.78 is 1.86. The highest BCUT2D eigenvalue weighted by atomic mass is 15.5. The maximum Gasteiger partial charge on any atom is 0.337 e. The van der Waals surface area contributed by atoms with E-state index in [1.807, 2.05) is 65.3 Å². The highest BCUT2D eigenvalue weighted by molar-refractivity contribution is 5.51. The van der Waals surface area contributed by atoms with Crippen LogP contribution in [0.4, 0.5) is 0 Å². The second kappa shape index (κ2) is 4.17. The van der Waals surface area contributed by atoms with Crippen LogP contribution < -0.4 is 4.68 Å². The van der Waals surface area contributed by atoms with Gasteiger partial charge in [-0.2, -0.15) is 0 Å². The van der Waals surface area contributed by atoms with Crippen molar-refractivity contribution < 1.29 is 4.68 Å². The van der Waals surface area contributed by atoms with Crippen LogP contribution in [0.5, 0.6) is 0 Å². The van der Waals surface area contributed by atoms with E-state index in [4.69, 9.17) is 0 Å². The number of benzene rings is 2. The fourth-order valence-corrected chi connectivity index (χ4v) is 1.74. The Morgan fingerprint density at radius 2 is 1.47 bits per heavy atom. The van der Waals surface area contributed by atoms with E-state index in [9.17, 15) is 0 Å². The molecule has 0 spiro atoms. The van der Waals surface area contributed by atoms with Crippen LogP contribution >= 0.6 is 0 Å². The number of tetrazole rings is 1. The van der Waals surface area contributed by atoms with E-state index in [1.54, 1.807) is 0 Å². The molecule has 1 heterocycles. The van der Waals surface area contributed by atoms with Crippen LogP contribution in [0.25, 0.3) is 17.1 Å². The third kappa shape index (κ3) is 1.80. The summed E-state index contributed by atoms with van der Waals surface area (Å²) in [5.41, 5.74) is 2.04. The van der Waals surface area contributed by atoms with Gasteiger partial charge < -0.3 is 0 Å². The van der Waals surface area contributed by atoms with Crippen LogP contribution in [0, 0.1) is 0 Å². The molecule has 0 atom stereocenters. The minimum absolute atomic E-state index is 0.803. The number of rotatable bonds is 2. The molecule has 2 aromatic carbocycles. The van der Waals surface area contributed by atoms with E-state index in [0.717, 1.165) is 17.1 Å². The minimum atomic E-state index is 0.803. The number of nitrogens with zero attached hydrogens (tertiary/aromatic N) is 3. The predicted molar refractivity (Wildman–Crippen MR) is 63.4 cm³/mol. The zero-order valence-corrected chi connectivity index (χ0v) is 9.12. The third-order valence-corrected chi connectivity index (χ3v) is 2.55. The van der Waals surface area contributed by atoms with Gasteiger partial charge in [0.1, 0.15) is 10.8 Å². The normalized spacial score (nSPS) is 10.4. The van der Waals surface area contributed by atoms with Gasteiger partial charge in [0.15, 0.2) is 5.21 Å². The van der Waals surface area contributed by atoms with Crippen molar-refractivity contribution in [3.8, 4) is 17.1 Å². The smallest absolute Gasteiger partial charge is 0.123 e. The van der Waals surface area contributed by atoms with Crippen molar-refractivity contribution in [3.63, 3.8) is 0 Å². The molecule has 0 aliphatic rings. The lowest BCUT2D eigenvalue weighted by Crippen LogP contribution is -2.34. The molecule has 0 unspecified atom stereocenters. The molecule has 1 N–H and O–H groups in total. The molecular weight excluding hydrogens is 212 g/mol. The summed E-state index contributed by atoms with van der Waals surface area (Å²) in [4.78, 5) is 0. The molecule has 0 aliphatic heterocycles. The van der Waals surface area contributed by atoms with E-state index in [1.165, 1.54) is 0 Å². The van der Waals surface area contributed by atoms with Crippen molar-refractivity contribution in [2.45, 2.75) is 0 Å². The number of hydrogen-bond acceptors (Lipinski definition) is 2. The highest BCUT2D eigenvalue weighted by Crippen LogP contribution is 2.12. The first-order valence-electron chi connectivity index (χ1n) is 5.39. The molecule has 4 nitrogen and oxygen atoms in total. The molecule has 17 heavy (non-hydrogen) atoms. The van der Waals surface area contributed by atoms with Gasteiger partial charge in [-0.1, -0.05) is 41.6 Å². The molecule has 0 saturated heterocycles. The lowest BCUT2D eigenvalue weighted by molar-refractivity contribution is -0.649. The fraction of sp³-hybridized carbons (Fsp3) is 0. The number of para-hydroxylation sites is 1. The third-order valence-electron chi connectivity index (χ3n) is 2.55. The van der Waals surface area contributed by atoms with E-state index >= 15 is 0 Å². The van der Waals surface area contributed by atoms with Crippen LogP contribution in [0.15, 0.2) is 60.7 Å². The minimum Gasteiger partial charge on any atom is -0.123 e. The van der Waals surface area contributed by atoms with Gasteiger partial charge in [-0.05, 0) is 24.3 Å². The van der Waals surface area contributed by atoms with Gasteiger partial charge in [0.25, 0.3) is 0 Å². The summed E-state index contributed by atoms with van der Waals surface area (Å²) in [6.45, 7) is 0. The molecule has 3 rings (SSSR count). The molecule has 3 aromatic rings. The zero-order valence-electron chi connectivity index (χ0n) is 9.12. The summed E-state index contributed by atoms with van der Waals surface area (Å²) in [5, 5.41) is 10.9. The summed E-state index contributed by atoms with van der Waals surface area (Å²) in [7, 11) is 0. The SMILES string of the molecule is c1ccc(-c2nn[nH][n+]2-c2ccccc2)cc1. The largest absolute Gasteiger partial charge is 0.337 e. The Bertz CT molecular complexity index is 548. The molecule has 1 aromatic heterocycles. The second-order valence-electron chi connectivity index (χ2n) is 3.66. The Labute approximate surface area is 98.5 Å². The van der Waals surface area contributed by atoms with Gasteiger partial charge in [-0.15, -0.1) is 4.68 Å². The van der Waals surface area contributed by atoms with E-state index in [2.05, 4.69) is 15.5 Å². The molecule has 0 saturated carbocycles. The Morgan fingerprint density at radius 1 is 0.824 bits per heavy atom. The number of hydrogen-bond donors (Lipinski definition) is 1. The highest BCUT2D eigenvalue weighted by Gasteiger charge is 2.17. The average molecular weight is 223 g/mol. The molecule has 0 bridgehead atoms. The van der Waals surface area contributed by atoms with Crippen molar-refractivity contribution in [2.24, 2.45) is 0 Å². The van der Waals surface area contributed by atoms with Crippen LogP contribution in [-0.2, 0) is 0 Å². The van der Waals surface area contributed by atoms with Gasteiger partial charge in [-0.3, -0.25) is 0 Å². The van der Waals surface area contributed by atoms with E-state index in [-0.39, 0.29) is 0 Å². The summed E-state index contributed by atoms with van der Waals surface area (Å²) in [5.74, 6) is 0.803. The van der Waals surface area contributed by atoms with Gasteiger partial charge >= 0.3 is 5.82 Å². The zero-order chi connectivity index (χ0) is 11.5. The average Bonchev–Trinajstić information content (AvgIpc) is 2.90. The summed E-state index contributed by atoms with van der Waals surface area (Å²) >= 11 is 0. The number of nitrogens with one attached hydrogen (secondary N) is 1. The second-order valence-corrected chi connectivity index (χ2v) is 3.66. The molecule has 4 heteroatoms. The quantitative estimate of drug-likeness (QED) is 0.673. The maximum absolute atomic E-state index is 4.12. The van der Waals surface area contributed by atoms with Crippen molar-refractivity contribution in [3.05, 3.63) is 60.7 Å². The van der Waals surface area contributed by atoms with Crippen LogP contribution in [-0.4, -0.2) is 15.5 Å². The Morgan fingerprint density at radius 3 is 2.18 bits per heavy atom. The van der Waals surface area contributed by atoms with Crippen molar-refractivity contribution in [1.29, 1.82) is 0 Å².